The lowest BCUT2D eigenvalue weighted by atomic mass is 10.4. The van der Waals surface area contributed by atoms with Crippen LogP contribution in [-0.2, 0) is 4.74 Å². The third-order valence-corrected chi connectivity index (χ3v) is 1.48. The minimum atomic E-state index is 0.111. The molecule has 13 heavy (non-hydrogen) atoms. The van der Waals surface area contributed by atoms with Crippen molar-refractivity contribution in [1.82, 2.24) is 5.32 Å². The summed E-state index contributed by atoms with van der Waals surface area (Å²) in [5.74, 6) is 5.83. The number of ether oxygens (including phenoxy) is 1. The van der Waals surface area contributed by atoms with Gasteiger partial charge in [-0.3, -0.25) is 0 Å². The van der Waals surface area contributed by atoms with Gasteiger partial charge in [0.25, 0.3) is 0 Å². The average Bonchev–Trinajstić information content (AvgIpc) is 2.16. The molecule has 0 aromatic rings. The van der Waals surface area contributed by atoms with Crippen LogP contribution in [-0.4, -0.2) is 38.0 Å². The third-order valence-electron chi connectivity index (χ3n) is 1.48. The molecule has 0 aliphatic heterocycles. The highest BCUT2D eigenvalue weighted by atomic mass is 16.5. The van der Waals surface area contributed by atoms with E-state index in [4.69, 9.17) is 9.84 Å². The predicted octanol–water partition coefficient (Wildman–Crippen LogP) is 0.388. The van der Waals surface area contributed by atoms with Crippen molar-refractivity contribution in [2.75, 3.05) is 32.9 Å². The summed E-state index contributed by atoms with van der Waals surface area (Å²) in [4.78, 5) is 0. The Morgan fingerprint density at radius 1 is 1.31 bits per heavy atom. The van der Waals surface area contributed by atoms with Crippen LogP contribution in [0.4, 0.5) is 0 Å². The lowest BCUT2D eigenvalue weighted by Gasteiger charge is -2.02. The predicted molar refractivity (Wildman–Crippen MR) is 53.5 cm³/mol. The molecule has 0 atom stereocenters. The lowest BCUT2D eigenvalue weighted by molar-refractivity contribution is 0.0908. The Kier molecular flexibility index (Phi) is 10.9. The SMILES string of the molecule is CC#CCCNCCCOCCO. The number of hydrogen-bond acceptors (Lipinski definition) is 3. The van der Waals surface area contributed by atoms with Gasteiger partial charge >= 0.3 is 0 Å². The number of aliphatic hydroxyl groups is 1. The quantitative estimate of drug-likeness (QED) is 0.424. The molecule has 0 aliphatic rings. The molecule has 3 heteroatoms. The molecule has 0 saturated heterocycles. The van der Waals surface area contributed by atoms with E-state index in [-0.39, 0.29) is 6.61 Å². The van der Waals surface area contributed by atoms with Crippen LogP contribution >= 0.6 is 0 Å². The van der Waals surface area contributed by atoms with Crippen LogP contribution in [0.5, 0.6) is 0 Å². The van der Waals surface area contributed by atoms with Crippen molar-refractivity contribution in [3.05, 3.63) is 0 Å². The number of nitrogens with one attached hydrogen (secondary N) is 1. The van der Waals surface area contributed by atoms with Crippen molar-refractivity contribution in [2.24, 2.45) is 0 Å². The smallest absolute Gasteiger partial charge is 0.0697 e. The first-order valence-electron chi connectivity index (χ1n) is 4.70. The van der Waals surface area contributed by atoms with E-state index in [0.717, 1.165) is 25.9 Å². The maximum absolute atomic E-state index is 8.41. The topological polar surface area (TPSA) is 41.5 Å². The van der Waals surface area contributed by atoms with Gasteiger partial charge in [0.2, 0.25) is 0 Å². The molecule has 0 unspecified atom stereocenters. The number of hydrogen-bond donors (Lipinski definition) is 2. The van der Waals surface area contributed by atoms with E-state index in [1.54, 1.807) is 0 Å². The van der Waals surface area contributed by atoms with Gasteiger partial charge in [0, 0.05) is 19.6 Å². The van der Waals surface area contributed by atoms with E-state index < -0.39 is 0 Å². The first kappa shape index (κ1) is 12.4. The Labute approximate surface area is 80.5 Å². The molecule has 0 heterocycles. The van der Waals surface area contributed by atoms with Gasteiger partial charge in [0.15, 0.2) is 0 Å². The maximum Gasteiger partial charge on any atom is 0.0697 e. The average molecular weight is 185 g/mol. The van der Waals surface area contributed by atoms with Crippen molar-refractivity contribution in [2.45, 2.75) is 19.8 Å². The first-order valence-corrected chi connectivity index (χ1v) is 4.70. The van der Waals surface area contributed by atoms with Gasteiger partial charge in [-0.15, -0.1) is 11.8 Å². The molecule has 2 N–H and O–H groups in total. The van der Waals surface area contributed by atoms with Crippen molar-refractivity contribution in [1.29, 1.82) is 0 Å². The molecule has 3 nitrogen and oxygen atoms in total. The number of aliphatic hydroxyl groups excluding tert-OH is 1. The fraction of sp³-hybridized carbons (Fsp3) is 0.800. The zero-order valence-corrected chi connectivity index (χ0v) is 8.31. The van der Waals surface area contributed by atoms with Gasteiger partial charge in [-0.05, 0) is 19.9 Å². The van der Waals surface area contributed by atoms with Crippen molar-refractivity contribution in [3.8, 4) is 11.8 Å². The van der Waals surface area contributed by atoms with Crippen molar-refractivity contribution < 1.29 is 9.84 Å². The highest BCUT2D eigenvalue weighted by Crippen LogP contribution is 1.80. The summed E-state index contributed by atoms with van der Waals surface area (Å²) in [6.45, 7) is 5.02. The van der Waals surface area contributed by atoms with Gasteiger partial charge in [0.1, 0.15) is 0 Å². The Hall–Kier alpha value is -0.560. The molecule has 0 fully saturated rings. The molecule has 0 radical (unpaired) electrons. The zero-order valence-electron chi connectivity index (χ0n) is 8.31. The molecule has 0 rings (SSSR count). The van der Waals surface area contributed by atoms with Gasteiger partial charge in [-0.25, -0.2) is 0 Å². The Balaban J connectivity index is 2.86. The minimum absolute atomic E-state index is 0.111. The Morgan fingerprint density at radius 3 is 2.85 bits per heavy atom. The van der Waals surface area contributed by atoms with Crippen LogP contribution in [0.25, 0.3) is 0 Å². The molecule has 76 valence electrons. The van der Waals surface area contributed by atoms with Gasteiger partial charge in [0.05, 0.1) is 13.2 Å². The second kappa shape index (κ2) is 11.4. The summed E-state index contributed by atoms with van der Waals surface area (Å²) in [7, 11) is 0. The van der Waals surface area contributed by atoms with Crippen LogP contribution < -0.4 is 5.32 Å². The molecule has 0 amide bonds. The van der Waals surface area contributed by atoms with Crippen LogP contribution in [0.15, 0.2) is 0 Å². The fourth-order valence-corrected chi connectivity index (χ4v) is 0.867. The highest BCUT2D eigenvalue weighted by molar-refractivity contribution is 4.94. The summed E-state index contributed by atoms with van der Waals surface area (Å²) < 4.78 is 5.09. The van der Waals surface area contributed by atoms with Crippen molar-refractivity contribution >= 4 is 0 Å². The van der Waals surface area contributed by atoms with E-state index >= 15 is 0 Å². The molecule has 0 aromatic carbocycles. The molecule has 0 spiro atoms. The standard InChI is InChI=1S/C10H19NO2/c1-2-3-4-6-11-7-5-9-13-10-8-12/h11-12H,4-10H2,1H3. The summed E-state index contributed by atoms with van der Waals surface area (Å²) >= 11 is 0. The first-order chi connectivity index (χ1) is 6.41. The van der Waals surface area contributed by atoms with E-state index in [1.165, 1.54) is 0 Å². The molecular formula is C10H19NO2. The largest absolute Gasteiger partial charge is 0.394 e. The van der Waals surface area contributed by atoms with E-state index in [2.05, 4.69) is 17.2 Å². The van der Waals surface area contributed by atoms with E-state index in [0.29, 0.717) is 13.2 Å². The molecular weight excluding hydrogens is 166 g/mol. The Bertz CT molecular complexity index is 149. The second-order valence-corrected chi connectivity index (χ2v) is 2.62. The number of rotatable bonds is 8. The molecule has 0 saturated carbocycles. The van der Waals surface area contributed by atoms with Crippen LogP contribution in [0.3, 0.4) is 0 Å². The lowest BCUT2D eigenvalue weighted by Crippen LogP contribution is -2.18. The molecule has 0 aromatic heterocycles. The summed E-state index contributed by atoms with van der Waals surface area (Å²) in [5.41, 5.74) is 0. The van der Waals surface area contributed by atoms with Crippen LogP contribution in [0.2, 0.25) is 0 Å². The van der Waals surface area contributed by atoms with Crippen LogP contribution in [0.1, 0.15) is 19.8 Å². The summed E-state index contributed by atoms with van der Waals surface area (Å²) in [5, 5.41) is 11.7. The highest BCUT2D eigenvalue weighted by Gasteiger charge is 1.87. The normalized spacial score (nSPS) is 9.38. The zero-order chi connectivity index (χ0) is 9.78. The monoisotopic (exact) mass is 185 g/mol. The third kappa shape index (κ3) is 11.4. The van der Waals surface area contributed by atoms with E-state index in [1.807, 2.05) is 6.92 Å². The molecule has 0 aliphatic carbocycles. The Morgan fingerprint density at radius 2 is 2.15 bits per heavy atom. The van der Waals surface area contributed by atoms with Crippen molar-refractivity contribution in [3.63, 3.8) is 0 Å². The molecule has 0 bridgehead atoms. The summed E-state index contributed by atoms with van der Waals surface area (Å²) in [6.07, 6.45) is 1.90. The fourth-order valence-electron chi connectivity index (χ4n) is 0.867. The van der Waals surface area contributed by atoms with Gasteiger partial charge in [-0.2, -0.15) is 0 Å². The van der Waals surface area contributed by atoms with Crippen LogP contribution in [0, 0.1) is 11.8 Å². The maximum atomic E-state index is 8.41. The summed E-state index contributed by atoms with van der Waals surface area (Å²) in [6, 6.07) is 0. The second-order valence-electron chi connectivity index (χ2n) is 2.62. The van der Waals surface area contributed by atoms with Gasteiger partial charge in [-0.1, -0.05) is 0 Å². The van der Waals surface area contributed by atoms with Gasteiger partial charge < -0.3 is 15.2 Å². The van der Waals surface area contributed by atoms with E-state index in [9.17, 15) is 0 Å². The minimum Gasteiger partial charge on any atom is -0.394 e.